The van der Waals surface area contributed by atoms with Crippen LogP contribution in [0.4, 0.5) is 0 Å². The van der Waals surface area contributed by atoms with E-state index in [1.54, 1.807) is 18.2 Å². The third kappa shape index (κ3) is 2.67. The average Bonchev–Trinajstić information content (AvgIpc) is 3.04. The number of hydrogen-bond donors (Lipinski definition) is 0. The van der Waals surface area contributed by atoms with Gasteiger partial charge in [-0.25, -0.2) is 0 Å². The minimum Gasteiger partial charge on any atom is -0.288 e. The Labute approximate surface area is 164 Å². The van der Waals surface area contributed by atoms with Crippen LogP contribution in [0.1, 0.15) is 38.8 Å². The Morgan fingerprint density at radius 2 is 1.36 bits per heavy atom. The monoisotopic (exact) mass is 406 g/mol. The van der Waals surface area contributed by atoms with Crippen LogP contribution in [-0.2, 0) is 6.42 Å². The van der Waals surface area contributed by atoms with Crippen LogP contribution in [0, 0.1) is 6.92 Å². The fourth-order valence-corrected chi connectivity index (χ4v) is 6.32. The molecule has 0 amide bonds. The Hall–Kier alpha value is -1.20. The molecule has 0 saturated carbocycles. The summed E-state index contributed by atoms with van der Waals surface area (Å²) in [5, 5.41) is 1.20. The van der Waals surface area contributed by atoms with Crippen molar-refractivity contribution >= 4 is 58.3 Å². The summed E-state index contributed by atoms with van der Waals surface area (Å²) in [6, 6.07) is 7.19. The van der Waals surface area contributed by atoms with Gasteiger partial charge in [0.1, 0.15) is 0 Å². The molecule has 0 fully saturated rings. The molecule has 4 rings (SSSR count). The van der Waals surface area contributed by atoms with E-state index < -0.39 is 0 Å². The van der Waals surface area contributed by atoms with Crippen LogP contribution in [0.25, 0.3) is 0 Å². The summed E-state index contributed by atoms with van der Waals surface area (Å²) in [5.41, 5.74) is 3.08. The van der Waals surface area contributed by atoms with E-state index >= 15 is 0 Å². The van der Waals surface area contributed by atoms with Crippen molar-refractivity contribution in [1.29, 1.82) is 0 Å². The van der Waals surface area contributed by atoms with Gasteiger partial charge in [-0.15, -0.1) is 0 Å². The third-order valence-electron chi connectivity index (χ3n) is 4.29. The minimum absolute atomic E-state index is 0.0825. The molecule has 2 aromatic rings. The maximum atomic E-state index is 13.0. The summed E-state index contributed by atoms with van der Waals surface area (Å²) in [6.45, 7) is 3.86. The number of rotatable bonds is 1. The lowest BCUT2D eigenvalue weighted by atomic mass is 10.00. The van der Waals surface area contributed by atoms with Gasteiger partial charge in [-0.05, 0) is 48.7 Å². The van der Waals surface area contributed by atoms with Crippen molar-refractivity contribution in [3.8, 4) is 0 Å². The highest BCUT2D eigenvalue weighted by atomic mass is 35.5. The van der Waals surface area contributed by atoms with Crippen molar-refractivity contribution in [3.63, 3.8) is 0 Å². The van der Waals surface area contributed by atoms with Crippen LogP contribution >= 0.6 is 46.7 Å². The number of hydrogen-bond acceptors (Lipinski definition) is 4. The molecule has 2 nitrogen and oxygen atoms in total. The molecule has 0 saturated heterocycles. The molecule has 0 N–H and O–H groups in total. The van der Waals surface area contributed by atoms with Gasteiger partial charge < -0.3 is 0 Å². The van der Waals surface area contributed by atoms with E-state index in [1.807, 2.05) is 19.9 Å². The maximum Gasteiger partial charge on any atom is 0.202 e. The second-order valence-electron chi connectivity index (χ2n) is 5.91. The fraction of sp³-hybridized carbons (Fsp3) is 0.158. The zero-order valence-corrected chi connectivity index (χ0v) is 16.6. The van der Waals surface area contributed by atoms with Crippen LogP contribution in [-0.4, -0.2) is 11.6 Å². The van der Waals surface area contributed by atoms with Crippen LogP contribution < -0.4 is 0 Å². The third-order valence-corrected chi connectivity index (χ3v) is 7.13. The lowest BCUT2D eigenvalue weighted by Crippen LogP contribution is -2.05. The molecule has 25 heavy (non-hydrogen) atoms. The number of benzene rings is 2. The highest BCUT2D eigenvalue weighted by Crippen LogP contribution is 2.51. The predicted octanol–water partition coefficient (Wildman–Crippen LogP) is 6.35. The Morgan fingerprint density at radius 3 is 1.96 bits per heavy atom. The van der Waals surface area contributed by atoms with Crippen LogP contribution in [0.2, 0.25) is 10.0 Å². The second kappa shape index (κ2) is 6.20. The summed E-state index contributed by atoms with van der Waals surface area (Å²) in [4.78, 5) is 28.6. The number of carbonyl (C=O) groups excluding carboxylic acids is 2. The molecule has 6 heteroatoms. The molecule has 126 valence electrons. The van der Waals surface area contributed by atoms with Crippen molar-refractivity contribution in [2.75, 3.05) is 0 Å². The van der Waals surface area contributed by atoms with Gasteiger partial charge in [0.15, 0.2) is 0 Å². The normalized spacial score (nSPS) is 18.7. The number of aryl methyl sites for hydroxylation is 2. The quantitative estimate of drug-likeness (QED) is 0.516. The number of allylic oxidation sites excluding steroid dienone is 2. The van der Waals surface area contributed by atoms with Crippen LogP contribution in [0.5, 0.6) is 0 Å². The summed E-state index contributed by atoms with van der Waals surface area (Å²) < 4.78 is 0. The second-order valence-corrected chi connectivity index (χ2v) is 8.89. The van der Waals surface area contributed by atoms with E-state index in [-0.39, 0.29) is 11.6 Å². The summed E-state index contributed by atoms with van der Waals surface area (Å²) in [5.74, 6) is -0.178. The van der Waals surface area contributed by atoms with E-state index in [1.165, 1.54) is 23.5 Å². The highest BCUT2D eigenvalue weighted by Gasteiger charge is 2.38. The highest BCUT2D eigenvalue weighted by molar-refractivity contribution is 8.08. The van der Waals surface area contributed by atoms with Crippen LogP contribution in [0.3, 0.4) is 0 Å². The van der Waals surface area contributed by atoms with E-state index in [4.69, 9.17) is 23.2 Å². The molecule has 0 aliphatic carbocycles. The lowest BCUT2D eigenvalue weighted by molar-refractivity contribution is 0.101. The van der Waals surface area contributed by atoms with Gasteiger partial charge in [0.25, 0.3) is 0 Å². The summed E-state index contributed by atoms with van der Waals surface area (Å²) >= 11 is 15.0. The van der Waals surface area contributed by atoms with Crippen molar-refractivity contribution in [2.24, 2.45) is 0 Å². The van der Waals surface area contributed by atoms with Gasteiger partial charge in [0.2, 0.25) is 11.6 Å². The van der Waals surface area contributed by atoms with Crippen molar-refractivity contribution in [1.82, 2.24) is 0 Å². The van der Waals surface area contributed by atoms with Gasteiger partial charge in [0, 0.05) is 31.0 Å². The van der Waals surface area contributed by atoms with E-state index in [0.717, 1.165) is 20.9 Å². The number of carbonyl (C=O) groups is 2. The molecule has 2 aliphatic rings. The lowest BCUT2D eigenvalue weighted by Gasteiger charge is -2.04. The topological polar surface area (TPSA) is 34.1 Å². The Bertz CT molecular complexity index is 1010. The van der Waals surface area contributed by atoms with Crippen molar-refractivity contribution in [2.45, 2.75) is 30.1 Å². The fourth-order valence-electron chi connectivity index (χ4n) is 3.18. The molecular formula is C19H12Cl2O2S2. The van der Waals surface area contributed by atoms with Crippen molar-refractivity contribution in [3.05, 3.63) is 66.4 Å². The maximum absolute atomic E-state index is 13.0. The van der Waals surface area contributed by atoms with Crippen molar-refractivity contribution < 1.29 is 9.59 Å². The number of ketones is 2. The molecule has 2 aromatic carbocycles. The zero-order valence-electron chi connectivity index (χ0n) is 13.4. The number of halogens is 2. The van der Waals surface area contributed by atoms with Crippen LogP contribution in [0.15, 0.2) is 43.9 Å². The first kappa shape index (κ1) is 17.2. The van der Waals surface area contributed by atoms with Gasteiger partial charge in [0.05, 0.1) is 9.81 Å². The first-order valence-electron chi connectivity index (χ1n) is 7.72. The SMILES string of the molecule is CCc1cc(Cl)cc2c1C(=O)/C(=C1\Sc3cc(Cl)cc(C)c3C1=O)S2. The Balaban J connectivity index is 1.86. The molecule has 0 atom stereocenters. The zero-order chi connectivity index (χ0) is 17.9. The summed E-state index contributed by atoms with van der Waals surface area (Å²) in [7, 11) is 0. The molecule has 0 aromatic heterocycles. The molecule has 0 bridgehead atoms. The number of fused-ring (bicyclic) bond motifs is 2. The Kier molecular flexibility index (Phi) is 4.27. The largest absolute Gasteiger partial charge is 0.288 e. The average molecular weight is 407 g/mol. The van der Waals surface area contributed by atoms with Gasteiger partial charge in [-0.1, -0.05) is 53.6 Å². The summed E-state index contributed by atoms with van der Waals surface area (Å²) in [6.07, 6.45) is 0.716. The van der Waals surface area contributed by atoms with Gasteiger partial charge in [-0.2, -0.15) is 0 Å². The molecule has 0 radical (unpaired) electrons. The van der Waals surface area contributed by atoms with Gasteiger partial charge in [-0.3, -0.25) is 9.59 Å². The number of Topliss-reactive ketones (excluding diaryl/α,β-unsaturated/α-hetero) is 2. The van der Waals surface area contributed by atoms with E-state index in [0.29, 0.717) is 37.4 Å². The van der Waals surface area contributed by atoms with E-state index in [9.17, 15) is 9.59 Å². The minimum atomic E-state index is -0.0954. The number of thioether (sulfide) groups is 2. The molecule has 2 heterocycles. The molecular weight excluding hydrogens is 395 g/mol. The van der Waals surface area contributed by atoms with E-state index in [2.05, 4.69) is 0 Å². The predicted molar refractivity (Wildman–Crippen MR) is 104 cm³/mol. The molecule has 0 spiro atoms. The molecule has 0 unspecified atom stereocenters. The van der Waals surface area contributed by atoms with Gasteiger partial charge >= 0.3 is 0 Å². The molecule has 2 aliphatic heterocycles. The first-order chi connectivity index (χ1) is 11.9. The first-order valence-corrected chi connectivity index (χ1v) is 10.1. The Morgan fingerprint density at radius 1 is 0.840 bits per heavy atom. The standard InChI is InChI=1S/C19H12Cl2O2S2/c1-3-9-5-11(21)7-13-15(9)17(23)19(25-13)18-16(22)14-8(2)4-10(20)6-12(14)24-18/h4-7H,3H2,1-2H3/b19-18+. The smallest absolute Gasteiger partial charge is 0.202 e.